The molecule has 1 aromatic rings. The lowest BCUT2D eigenvalue weighted by Crippen LogP contribution is -2.42. The van der Waals surface area contributed by atoms with E-state index in [9.17, 15) is 9.90 Å². The molecule has 21 heavy (non-hydrogen) atoms. The molecule has 0 saturated heterocycles. The van der Waals surface area contributed by atoms with Crippen LogP contribution in [0.15, 0.2) is 6.08 Å². The van der Waals surface area contributed by atoms with Crippen molar-refractivity contribution < 1.29 is 9.90 Å². The van der Waals surface area contributed by atoms with Crippen LogP contribution in [-0.4, -0.2) is 33.4 Å². The predicted molar refractivity (Wildman–Crippen MR) is 82.7 cm³/mol. The van der Waals surface area contributed by atoms with Crippen molar-refractivity contribution in [2.24, 2.45) is 13.0 Å². The van der Waals surface area contributed by atoms with Gasteiger partial charge in [0, 0.05) is 42.9 Å². The number of aliphatic hydroxyl groups excluding tert-OH is 1. The van der Waals surface area contributed by atoms with Crippen molar-refractivity contribution in [1.82, 2.24) is 15.1 Å². The summed E-state index contributed by atoms with van der Waals surface area (Å²) < 4.78 is 1.82. The van der Waals surface area contributed by atoms with E-state index in [-0.39, 0.29) is 24.5 Å². The third-order valence-electron chi connectivity index (χ3n) is 4.44. The molecule has 2 N–H and O–H groups in total. The average Bonchev–Trinajstić information content (AvgIpc) is 2.71. The lowest BCUT2D eigenvalue weighted by Gasteiger charge is -2.30. The fraction of sp³-hybridized carbons (Fsp3) is 0.625. The molecule has 1 aliphatic carbocycles. The first-order valence-electron chi connectivity index (χ1n) is 7.62. The highest BCUT2D eigenvalue weighted by atomic mass is 16.3. The van der Waals surface area contributed by atoms with Gasteiger partial charge in [-0.2, -0.15) is 5.10 Å². The van der Waals surface area contributed by atoms with Gasteiger partial charge in [0.05, 0.1) is 5.69 Å². The number of aromatic nitrogens is 2. The zero-order valence-corrected chi connectivity index (χ0v) is 13.1. The van der Waals surface area contributed by atoms with Crippen LogP contribution >= 0.6 is 0 Å². The summed E-state index contributed by atoms with van der Waals surface area (Å²) in [5.41, 5.74) is 2.96. The van der Waals surface area contributed by atoms with Crippen LogP contribution in [0.5, 0.6) is 0 Å². The smallest absolute Gasteiger partial charge is 0.244 e. The quantitative estimate of drug-likeness (QED) is 0.830. The van der Waals surface area contributed by atoms with Gasteiger partial charge >= 0.3 is 0 Å². The number of hydrogen-bond donors (Lipinski definition) is 2. The van der Waals surface area contributed by atoms with E-state index >= 15 is 0 Å². The lowest BCUT2D eigenvalue weighted by molar-refractivity contribution is -0.117. The summed E-state index contributed by atoms with van der Waals surface area (Å²) in [6, 6.07) is 0.0944. The molecule has 2 unspecified atom stereocenters. The molecule has 0 radical (unpaired) electrons. The largest absolute Gasteiger partial charge is 0.396 e. The molecule has 1 heterocycles. The second-order valence-electron chi connectivity index (χ2n) is 5.88. The van der Waals surface area contributed by atoms with Gasteiger partial charge < -0.3 is 10.4 Å². The van der Waals surface area contributed by atoms with Crippen molar-refractivity contribution in [2.45, 2.75) is 45.6 Å². The second-order valence-corrected chi connectivity index (χ2v) is 5.88. The summed E-state index contributed by atoms with van der Waals surface area (Å²) in [4.78, 5) is 12.1. The van der Waals surface area contributed by atoms with Gasteiger partial charge in [-0.05, 0) is 32.8 Å². The fourth-order valence-corrected chi connectivity index (χ4v) is 3.04. The normalized spacial score (nSPS) is 22.7. The van der Waals surface area contributed by atoms with Crippen molar-refractivity contribution >= 4 is 12.0 Å². The van der Waals surface area contributed by atoms with Crippen molar-refractivity contribution in [2.75, 3.05) is 6.61 Å². The Bertz CT molecular complexity index is 534. The number of rotatable bonds is 4. The molecule has 116 valence electrons. The first kappa shape index (κ1) is 15.8. The SMILES string of the molecule is Cc1nn(C)c(C)c1/C=C/C(=O)NC1CCCCC1CO. The van der Waals surface area contributed by atoms with E-state index in [0.29, 0.717) is 0 Å². The summed E-state index contributed by atoms with van der Waals surface area (Å²) in [6.07, 6.45) is 7.60. The van der Waals surface area contributed by atoms with Gasteiger partial charge in [0.1, 0.15) is 0 Å². The molecule has 2 rings (SSSR count). The maximum atomic E-state index is 12.1. The van der Waals surface area contributed by atoms with Crippen LogP contribution in [0.1, 0.15) is 42.6 Å². The topological polar surface area (TPSA) is 67.2 Å². The first-order valence-corrected chi connectivity index (χ1v) is 7.62. The number of nitrogens with zero attached hydrogens (tertiary/aromatic N) is 2. The summed E-state index contributed by atoms with van der Waals surface area (Å²) in [6.45, 7) is 4.07. The number of carbonyl (C=O) groups is 1. The molecular formula is C16H25N3O2. The zero-order valence-electron chi connectivity index (χ0n) is 13.1. The Morgan fingerprint density at radius 1 is 1.43 bits per heavy atom. The molecule has 2 atom stereocenters. The van der Waals surface area contributed by atoms with Crippen LogP contribution in [0.3, 0.4) is 0 Å². The Hall–Kier alpha value is -1.62. The number of hydrogen-bond acceptors (Lipinski definition) is 3. The second kappa shape index (κ2) is 6.89. The maximum absolute atomic E-state index is 12.1. The lowest BCUT2D eigenvalue weighted by atomic mass is 9.85. The summed E-state index contributed by atoms with van der Waals surface area (Å²) >= 11 is 0. The van der Waals surface area contributed by atoms with Crippen molar-refractivity contribution in [3.63, 3.8) is 0 Å². The van der Waals surface area contributed by atoms with Gasteiger partial charge in [-0.15, -0.1) is 0 Å². The Morgan fingerprint density at radius 2 is 2.14 bits per heavy atom. The molecular weight excluding hydrogens is 266 g/mol. The Labute approximate surface area is 126 Å². The van der Waals surface area contributed by atoms with E-state index in [0.717, 1.165) is 42.6 Å². The first-order chi connectivity index (χ1) is 10.0. The van der Waals surface area contributed by atoms with E-state index in [2.05, 4.69) is 10.4 Å². The van der Waals surface area contributed by atoms with Crippen LogP contribution in [0.2, 0.25) is 0 Å². The van der Waals surface area contributed by atoms with E-state index < -0.39 is 0 Å². The fourth-order valence-electron chi connectivity index (χ4n) is 3.04. The van der Waals surface area contributed by atoms with Gasteiger partial charge in [0.25, 0.3) is 0 Å². The summed E-state index contributed by atoms with van der Waals surface area (Å²) in [7, 11) is 1.90. The third kappa shape index (κ3) is 3.73. The number of aliphatic hydroxyl groups is 1. The van der Waals surface area contributed by atoms with E-state index in [1.165, 1.54) is 0 Å². The van der Waals surface area contributed by atoms with Crippen molar-refractivity contribution in [3.8, 4) is 0 Å². The summed E-state index contributed by atoms with van der Waals surface area (Å²) in [5, 5.41) is 16.7. The minimum absolute atomic E-state index is 0.0944. The molecule has 0 aliphatic heterocycles. The minimum Gasteiger partial charge on any atom is -0.396 e. The number of carbonyl (C=O) groups excluding carboxylic acids is 1. The van der Waals surface area contributed by atoms with E-state index in [1.54, 1.807) is 6.08 Å². The standard InChI is InChI=1S/C16H25N3O2/c1-11-14(12(2)19(3)18-11)8-9-16(21)17-15-7-5-4-6-13(15)10-20/h8-9,13,15,20H,4-7,10H2,1-3H3,(H,17,21)/b9-8+. The van der Waals surface area contributed by atoms with Gasteiger partial charge in [0.15, 0.2) is 0 Å². The molecule has 0 bridgehead atoms. The Morgan fingerprint density at radius 3 is 2.76 bits per heavy atom. The van der Waals surface area contributed by atoms with Crippen molar-refractivity contribution in [1.29, 1.82) is 0 Å². The molecule has 1 aromatic heterocycles. The van der Waals surface area contributed by atoms with E-state index in [1.807, 2.05) is 31.7 Å². The highest BCUT2D eigenvalue weighted by Crippen LogP contribution is 2.24. The Balaban J connectivity index is 1.99. The number of amides is 1. The molecule has 1 aliphatic rings. The maximum Gasteiger partial charge on any atom is 0.244 e. The van der Waals surface area contributed by atoms with Gasteiger partial charge in [0.2, 0.25) is 5.91 Å². The zero-order chi connectivity index (χ0) is 15.4. The van der Waals surface area contributed by atoms with E-state index in [4.69, 9.17) is 0 Å². The molecule has 1 fully saturated rings. The molecule has 1 amide bonds. The molecule has 5 heteroatoms. The van der Waals surface area contributed by atoms with Gasteiger partial charge in [-0.3, -0.25) is 9.48 Å². The molecule has 0 spiro atoms. The van der Waals surface area contributed by atoms with Gasteiger partial charge in [-0.25, -0.2) is 0 Å². The summed E-state index contributed by atoms with van der Waals surface area (Å²) in [5.74, 6) is 0.0981. The highest BCUT2D eigenvalue weighted by Gasteiger charge is 2.25. The highest BCUT2D eigenvalue weighted by molar-refractivity contribution is 5.92. The van der Waals surface area contributed by atoms with Crippen LogP contribution in [0.4, 0.5) is 0 Å². The molecule has 0 aromatic carbocycles. The Kier molecular flexibility index (Phi) is 5.17. The average molecular weight is 291 g/mol. The monoisotopic (exact) mass is 291 g/mol. The number of nitrogens with one attached hydrogen (secondary N) is 1. The van der Waals surface area contributed by atoms with Gasteiger partial charge in [-0.1, -0.05) is 12.8 Å². The van der Waals surface area contributed by atoms with Crippen LogP contribution in [-0.2, 0) is 11.8 Å². The predicted octanol–water partition coefficient (Wildman–Crippen LogP) is 1.72. The molecule has 5 nitrogen and oxygen atoms in total. The number of aryl methyl sites for hydroxylation is 2. The van der Waals surface area contributed by atoms with Crippen LogP contribution in [0, 0.1) is 19.8 Å². The van der Waals surface area contributed by atoms with Crippen LogP contribution in [0.25, 0.3) is 6.08 Å². The van der Waals surface area contributed by atoms with Crippen molar-refractivity contribution in [3.05, 3.63) is 23.0 Å². The third-order valence-corrected chi connectivity index (χ3v) is 4.44. The molecule has 1 saturated carbocycles. The minimum atomic E-state index is -0.0944. The van der Waals surface area contributed by atoms with Crippen LogP contribution < -0.4 is 5.32 Å².